The van der Waals surface area contributed by atoms with Crippen LogP contribution in [0.1, 0.15) is 48.0 Å². The molecule has 0 saturated carbocycles. The van der Waals surface area contributed by atoms with E-state index in [0.717, 1.165) is 51.4 Å². The highest BCUT2D eigenvalue weighted by molar-refractivity contribution is 5.94. The van der Waals surface area contributed by atoms with Gasteiger partial charge in [-0.2, -0.15) is 0 Å². The molecule has 1 aromatic rings. The second kappa shape index (κ2) is 9.18. The standard InChI is InChI=1S/C22H33N3O2/c26-22(25-14-12-24(13-15-25)18-21-5-4-16-27-21)20-8-6-19(7-9-20)17-23-10-2-1-3-11-23/h6-9,21H,1-5,10-18H2/t21-/m1/s1. The molecule has 5 heteroatoms. The van der Waals surface area contributed by atoms with Crippen LogP contribution in [0.3, 0.4) is 0 Å². The maximum Gasteiger partial charge on any atom is 0.253 e. The summed E-state index contributed by atoms with van der Waals surface area (Å²) < 4.78 is 5.74. The van der Waals surface area contributed by atoms with Gasteiger partial charge < -0.3 is 9.64 Å². The average molecular weight is 372 g/mol. The number of carbonyl (C=O) groups is 1. The van der Waals surface area contributed by atoms with Crippen LogP contribution < -0.4 is 0 Å². The number of benzene rings is 1. The van der Waals surface area contributed by atoms with Gasteiger partial charge in [0.05, 0.1) is 6.10 Å². The third-order valence-corrected chi connectivity index (χ3v) is 6.20. The van der Waals surface area contributed by atoms with Crippen molar-refractivity contribution in [2.45, 2.75) is 44.8 Å². The summed E-state index contributed by atoms with van der Waals surface area (Å²) in [5.41, 5.74) is 2.14. The lowest BCUT2D eigenvalue weighted by atomic mass is 10.1. The van der Waals surface area contributed by atoms with Crippen LogP contribution in [0.5, 0.6) is 0 Å². The number of amides is 1. The lowest BCUT2D eigenvalue weighted by molar-refractivity contribution is 0.0432. The minimum absolute atomic E-state index is 0.177. The molecule has 3 aliphatic rings. The topological polar surface area (TPSA) is 36.0 Å². The summed E-state index contributed by atoms with van der Waals surface area (Å²) >= 11 is 0. The molecular formula is C22H33N3O2. The number of piperazine rings is 1. The van der Waals surface area contributed by atoms with Crippen molar-refractivity contribution in [3.8, 4) is 0 Å². The Bertz CT molecular complexity index is 598. The lowest BCUT2D eigenvalue weighted by Crippen LogP contribution is -2.50. The van der Waals surface area contributed by atoms with E-state index in [0.29, 0.717) is 6.10 Å². The van der Waals surface area contributed by atoms with Gasteiger partial charge in [-0.15, -0.1) is 0 Å². The third kappa shape index (κ3) is 5.09. The highest BCUT2D eigenvalue weighted by atomic mass is 16.5. The van der Waals surface area contributed by atoms with Gasteiger partial charge in [-0.1, -0.05) is 18.6 Å². The van der Waals surface area contributed by atoms with Crippen molar-refractivity contribution in [2.24, 2.45) is 0 Å². The summed E-state index contributed by atoms with van der Waals surface area (Å²) in [5, 5.41) is 0. The van der Waals surface area contributed by atoms with Crippen LogP contribution in [-0.2, 0) is 11.3 Å². The molecule has 5 nitrogen and oxygen atoms in total. The zero-order chi connectivity index (χ0) is 18.5. The average Bonchev–Trinajstić information content (AvgIpc) is 3.22. The van der Waals surface area contributed by atoms with Gasteiger partial charge in [0.1, 0.15) is 0 Å². The predicted molar refractivity (Wildman–Crippen MR) is 107 cm³/mol. The van der Waals surface area contributed by atoms with Gasteiger partial charge in [0.25, 0.3) is 5.91 Å². The number of rotatable bonds is 5. The third-order valence-electron chi connectivity index (χ3n) is 6.20. The van der Waals surface area contributed by atoms with Crippen LogP contribution in [-0.4, -0.2) is 79.1 Å². The van der Waals surface area contributed by atoms with E-state index in [-0.39, 0.29) is 5.91 Å². The molecule has 1 amide bonds. The number of hydrogen-bond donors (Lipinski definition) is 0. The monoisotopic (exact) mass is 371 g/mol. The van der Waals surface area contributed by atoms with Crippen molar-refractivity contribution in [3.63, 3.8) is 0 Å². The quantitative estimate of drug-likeness (QED) is 0.797. The number of likely N-dealkylation sites (tertiary alicyclic amines) is 1. The summed E-state index contributed by atoms with van der Waals surface area (Å²) in [6, 6.07) is 8.30. The Morgan fingerprint density at radius 1 is 0.889 bits per heavy atom. The van der Waals surface area contributed by atoms with E-state index in [9.17, 15) is 4.79 Å². The molecule has 4 rings (SSSR count). The largest absolute Gasteiger partial charge is 0.377 e. The van der Waals surface area contributed by atoms with Crippen LogP contribution in [0.4, 0.5) is 0 Å². The molecule has 0 N–H and O–H groups in total. The molecule has 3 saturated heterocycles. The second-order valence-corrected chi connectivity index (χ2v) is 8.26. The fraction of sp³-hybridized carbons (Fsp3) is 0.682. The first-order valence-electron chi connectivity index (χ1n) is 10.7. The molecule has 1 aromatic carbocycles. The molecule has 0 bridgehead atoms. The number of piperidine rings is 1. The fourth-order valence-corrected chi connectivity index (χ4v) is 4.52. The van der Waals surface area contributed by atoms with Crippen LogP contribution in [0.25, 0.3) is 0 Å². The molecule has 0 aromatic heterocycles. The Kier molecular flexibility index (Phi) is 6.43. The normalized spacial score (nSPS) is 25.0. The Balaban J connectivity index is 1.25. The fourth-order valence-electron chi connectivity index (χ4n) is 4.52. The van der Waals surface area contributed by atoms with Crippen molar-refractivity contribution in [3.05, 3.63) is 35.4 Å². The Morgan fingerprint density at radius 3 is 2.30 bits per heavy atom. The van der Waals surface area contributed by atoms with Gasteiger partial charge in [-0.25, -0.2) is 0 Å². The molecule has 3 aliphatic heterocycles. The van der Waals surface area contributed by atoms with Gasteiger partial charge in [0.15, 0.2) is 0 Å². The minimum atomic E-state index is 0.177. The number of carbonyl (C=O) groups excluding carboxylic acids is 1. The van der Waals surface area contributed by atoms with E-state index in [1.54, 1.807) is 0 Å². The molecule has 3 heterocycles. The van der Waals surface area contributed by atoms with Gasteiger partial charge in [0.2, 0.25) is 0 Å². The molecule has 0 aliphatic carbocycles. The van der Waals surface area contributed by atoms with Crippen molar-refractivity contribution < 1.29 is 9.53 Å². The molecule has 3 fully saturated rings. The van der Waals surface area contributed by atoms with Gasteiger partial charge >= 0.3 is 0 Å². The van der Waals surface area contributed by atoms with Crippen molar-refractivity contribution in [2.75, 3.05) is 52.4 Å². The summed E-state index contributed by atoms with van der Waals surface area (Å²) in [6.45, 7) is 8.91. The van der Waals surface area contributed by atoms with E-state index in [1.165, 1.54) is 50.8 Å². The zero-order valence-electron chi connectivity index (χ0n) is 16.4. The molecule has 0 radical (unpaired) electrons. The summed E-state index contributed by atoms with van der Waals surface area (Å²) in [7, 11) is 0. The molecule has 1 atom stereocenters. The van der Waals surface area contributed by atoms with Crippen LogP contribution >= 0.6 is 0 Å². The smallest absolute Gasteiger partial charge is 0.253 e. The summed E-state index contributed by atoms with van der Waals surface area (Å²) in [6.07, 6.45) is 6.77. The minimum Gasteiger partial charge on any atom is -0.377 e. The molecular weight excluding hydrogens is 338 g/mol. The zero-order valence-corrected chi connectivity index (χ0v) is 16.4. The van der Waals surface area contributed by atoms with E-state index in [1.807, 2.05) is 17.0 Å². The predicted octanol–water partition coefficient (Wildman–Crippen LogP) is 2.61. The van der Waals surface area contributed by atoms with Crippen molar-refractivity contribution in [1.82, 2.24) is 14.7 Å². The van der Waals surface area contributed by atoms with Gasteiger partial charge in [0, 0.05) is 51.4 Å². The van der Waals surface area contributed by atoms with Crippen LogP contribution in [0.15, 0.2) is 24.3 Å². The van der Waals surface area contributed by atoms with E-state index in [4.69, 9.17) is 4.74 Å². The Hall–Kier alpha value is -1.43. The number of hydrogen-bond acceptors (Lipinski definition) is 4. The maximum absolute atomic E-state index is 12.8. The van der Waals surface area contributed by atoms with E-state index in [2.05, 4.69) is 21.9 Å². The first kappa shape index (κ1) is 18.9. The van der Waals surface area contributed by atoms with E-state index < -0.39 is 0 Å². The molecule has 148 valence electrons. The Labute approximate surface area is 163 Å². The first-order chi connectivity index (χ1) is 13.3. The van der Waals surface area contributed by atoms with E-state index >= 15 is 0 Å². The van der Waals surface area contributed by atoms with Gasteiger partial charge in [-0.3, -0.25) is 14.6 Å². The second-order valence-electron chi connectivity index (χ2n) is 8.26. The molecule has 27 heavy (non-hydrogen) atoms. The highest BCUT2D eigenvalue weighted by Gasteiger charge is 2.25. The first-order valence-corrected chi connectivity index (χ1v) is 10.7. The van der Waals surface area contributed by atoms with Gasteiger partial charge in [-0.05, 0) is 56.5 Å². The molecule has 0 unspecified atom stereocenters. The highest BCUT2D eigenvalue weighted by Crippen LogP contribution is 2.17. The summed E-state index contributed by atoms with van der Waals surface area (Å²) in [4.78, 5) is 19.8. The number of ether oxygens (including phenoxy) is 1. The van der Waals surface area contributed by atoms with Crippen molar-refractivity contribution >= 4 is 5.91 Å². The number of nitrogens with zero attached hydrogens (tertiary/aromatic N) is 3. The Morgan fingerprint density at radius 2 is 1.63 bits per heavy atom. The lowest BCUT2D eigenvalue weighted by Gasteiger charge is -2.35. The van der Waals surface area contributed by atoms with Crippen molar-refractivity contribution in [1.29, 1.82) is 0 Å². The SMILES string of the molecule is O=C(c1ccc(CN2CCCCC2)cc1)N1CCN(C[C@H]2CCCO2)CC1. The van der Waals surface area contributed by atoms with Crippen LogP contribution in [0.2, 0.25) is 0 Å². The maximum atomic E-state index is 12.8. The van der Waals surface area contributed by atoms with Crippen LogP contribution in [0, 0.1) is 0 Å². The molecule has 0 spiro atoms. The summed E-state index contributed by atoms with van der Waals surface area (Å²) in [5.74, 6) is 0.177.